The van der Waals surface area contributed by atoms with Gasteiger partial charge in [0.1, 0.15) is 0 Å². The molecule has 8 nitrogen and oxygen atoms in total. The van der Waals surface area contributed by atoms with Gasteiger partial charge in [-0.2, -0.15) is 0 Å². The first kappa shape index (κ1) is 12.5. The number of rotatable bonds is 4. The molecule has 1 fully saturated rings. The zero-order valence-corrected chi connectivity index (χ0v) is 10.6. The largest absolute Gasteiger partial charge is 0.481 e. The number of aromatic nitrogens is 5. The number of carboxylic acids is 1. The molecule has 2 aromatic rings. The highest BCUT2D eigenvalue weighted by Gasteiger charge is 2.45. The average Bonchev–Trinajstić information content (AvgIpc) is 2.81. The highest BCUT2D eigenvalue weighted by Crippen LogP contribution is 2.42. The van der Waals surface area contributed by atoms with Crippen LogP contribution in [0.1, 0.15) is 19.3 Å². The lowest BCUT2D eigenvalue weighted by Crippen LogP contribution is -2.42. The second-order valence-electron chi connectivity index (χ2n) is 5.02. The van der Waals surface area contributed by atoms with Crippen molar-refractivity contribution in [2.75, 3.05) is 0 Å². The Hall–Kier alpha value is -2.51. The molecule has 3 rings (SSSR count). The van der Waals surface area contributed by atoms with Crippen molar-refractivity contribution < 1.29 is 9.90 Å². The number of aromatic amines is 1. The number of pyridine rings is 1. The Morgan fingerprint density at radius 2 is 2.30 bits per heavy atom. The molecule has 0 spiro atoms. The molecule has 2 N–H and O–H groups in total. The van der Waals surface area contributed by atoms with Crippen molar-refractivity contribution in [2.45, 2.75) is 25.8 Å². The second-order valence-corrected chi connectivity index (χ2v) is 5.02. The number of carboxylic acid groups (broad SMARTS) is 1. The third kappa shape index (κ3) is 1.89. The summed E-state index contributed by atoms with van der Waals surface area (Å²) in [5.41, 5.74) is -0.693. The summed E-state index contributed by atoms with van der Waals surface area (Å²) in [7, 11) is 0. The molecular weight excluding hydrogens is 262 g/mol. The van der Waals surface area contributed by atoms with E-state index < -0.39 is 11.4 Å². The first-order chi connectivity index (χ1) is 9.62. The van der Waals surface area contributed by atoms with Gasteiger partial charge in [-0.15, -0.1) is 5.10 Å². The van der Waals surface area contributed by atoms with E-state index in [0.717, 1.165) is 6.42 Å². The Balaban J connectivity index is 1.98. The fourth-order valence-electron chi connectivity index (χ4n) is 2.42. The van der Waals surface area contributed by atoms with E-state index in [1.807, 2.05) is 0 Å². The summed E-state index contributed by atoms with van der Waals surface area (Å²) < 4.78 is 1.40. The maximum atomic E-state index is 11.8. The van der Waals surface area contributed by atoms with Gasteiger partial charge in [0.2, 0.25) is 0 Å². The summed E-state index contributed by atoms with van der Waals surface area (Å²) in [6.07, 6.45) is 5.12. The molecule has 2 heterocycles. The lowest BCUT2D eigenvalue weighted by molar-refractivity contribution is -0.156. The number of hydrogen-bond donors (Lipinski definition) is 2. The van der Waals surface area contributed by atoms with Crippen LogP contribution in [-0.4, -0.2) is 36.3 Å². The van der Waals surface area contributed by atoms with Crippen LogP contribution in [0.25, 0.3) is 11.4 Å². The van der Waals surface area contributed by atoms with E-state index >= 15 is 0 Å². The van der Waals surface area contributed by atoms with Gasteiger partial charge in [0.25, 0.3) is 0 Å². The summed E-state index contributed by atoms with van der Waals surface area (Å²) in [4.78, 5) is 26.0. The molecule has 1 aliphatic rings. The van der Waals surface area contributed by atoms with Crippen molar-refractivity contribution in [1.82, 2.24) is 25.2 Å². The topological polar surface area (TPSA) is 114 Å². The maximum Gasteiger partial charge on any atom is 0.311 e. The number of carbonyl (C=O) groups is 1. The van der Waals surface area contributed by atoms with Gasteiger partial charge in [0, 0.05) is 18.5 Å². The van der Waals surface area contributed by atoms with Crippen molar-refractivity contribution in [3.8, 4) is 11.4 Å². The van der Waals surface area contributed by atoms with E-state index in [9.17, 15) is 14.7 Å². The molecule has 8 heteroatoms. The molecule has 0 aliphatic heterocycles. The molecule has 104 valence electrons. The van der Waals surface area contributed by atoms with Crippen molar-refractivity contribution in [3.63, 3.8) is 0 Å². The SMILES string of the molecule is O=C(O)C1(Cn2nnnc2-c2c[nH]ccc2=O)CCC1. The minimum atomic E-state index is -0.841. The summed E-state index contributed by atoms with van der Waals surface area (Å²) in [6, 6.07) is 1.38. The predicted molar refractivity (Wildman–Crippen MR) is 67.8 cm³/mol. The Bertz CT molecular complexity index is 701. The number of H-pyrrole nitrogens is 1. The molecule has 2 aromatic heterocycles. The van der Waals surface area contributed by atoms with Gasteiger partial charge in [-0.1, -0.05) is 6.42 Å². The van der Waals surface area contributed by atoms with E-state index in [1.165, 1.54) is 23.1 Å². The Morgan fingerprint density at radius 3 is 2.90 bits per heavy atom. The fraction of sp³-hybridized carbons (Fsp3) is 0.417. The van der Waals surface area contributed by atoms with Gasteiger partial charge >= 0.3 is 5.97 Å². The molecule has 20 heavy (non-hydrogen) atoms. The summed E-state index contributed by atoms with van der Waals surface area (Å²) >= 11 is 0. The first-order valence-corrected chi connectivity index (χ1v) is 6.29. The molecule has 1 aliphatic carbocycles. The van der Waals surface area contributed by atoms with Crippen LogP contribution in [0.15, 0.2) is 23.3 Å². The van der Waals surface area contributed by atoms with Crippen LogP contribution < -0.4 is 5.43 Å². The molecule has 1 saturated carbocycles. The molecular formula is C12H13N5O3. The van der Waals surface area contributed by atoms with E-state index in [2.05, 4.69) is 20.5 Å². The quantitative estimate of drug-likeness (QED) is 0.828. The Kier molecular flexibility index (Phi) is 2.85. The van der Waals surface area contributed by atoms with Crippen molar-refractivity contribution in [2.24, 2.45) is 5.41 Å². The van der Waals surface area contributed by atoms with Crippen molar-refractivity contribution >= 4 is 5.97 Å². The van der Waals surface area contributed by atoms with E-state index in [1.54, 1.807) is 0 Å². The van der Waals surface area contributed by atoms with Gasteiger partial charge in [-0.25, -0.2) is 4.68 Å². The van der Waals surface area contributed by atoms with Crippen LogP contribution in [0, 0.1) is 5.41 Å². The van der Waals surface area contributed by atoms with Crippen LogP contribution in [0.5, 0.6) is 0 Å². The summed E-state index contributed by atoms with van der Waals surface area (Å²) in [6.45, 7) is 0.180. The maximum absolute atomic E-state index is 11.8. The van der Waals surface area contributed by atoms with Gasteiger partial charge in [-0.05, 0) is 23.3 Å². The van der Waals surface area contributed by atoms with Gasteiger partial charge in [-0.3, -0.25) is 9.59 Å². The number of nitrogens with zero attached hydrogens (tertiary/aromatic N) is 4. The minimum absolute atomic E-state index is 0.180. The van der Waals surface area contributed by atoms with Crippen molar-refractivity contribution in [3.05, 3.63) is 28.7 Å². The highest BCUT2D eigenvalue weighted by molar-refractivity contribution is 5.75. The number of nitrogens with one attached hydrogen (secondary N) is 1. The predicted octanol–water partition coefficient (Wildman–Crippen LogP) is 0.283. The van der Waals surface area contributed by atoms with Gasteiger partial charge in [0.05, 0.1) is 17.5 Å². The van der Waals surface area contributed by atoms with E-state index in [4.69, 9.17) is 0 Å². The number of tetrazole rings is 1. The highest BCUT2D eigenvalue weighted by atomic mass is 16.4. The smallest absolute Gasteiger partial charge is 0.311 e. The molecule has 0 unspecified atom stereocenters. The second kappa shape index (κ2) is 4.55. The number of aliphatic carboxylic acids is 1. The molecule has 0 atom stereocenters. The van der Waals surface area contributed by atoms with E-state index in [-0.39, 0.29) is 12.0 Å². The summed E-state index contributed by atoms with van der Waals surface area (Å²) in [5.74, 6) is -0.549. The molecule has 0 amide bonds. The number of hydrogen-bond acceptors (Lipinski definition) is 5. The monoisotopic (exact) mass is 275 g/mol. The normalized spacial score (nSPS) is 16.6. The molecule has 0 aromatic carbocycles. The fourth-order valence-corrected chi connectivity index (χ4v) is 2.42. The molecule has 0 saturated heterocycles. The lowest BCUT2D eigenvalue weighted by atomic mass is 9.69. The lowest BCUT2D eigenvalue weighted by Gasteiger charge is -2.37. The zero-order chi connectivity index (χ0) is 14.2. The van der Waals surface area contributed by atoms with E-state index in [0.29, 0.717) is 24.2 Å². The Morgan fingerprint density at radius 1 is 1.50 bits per heavy atom. The van der Waals surface area contributed by atoms with Crippen LogP contribution in [0.4, 0.5) is 0 Å². The minimum Gasteiger partial charge on any atom is -0.481 e. The zero-order valence-electron chi connectivity index (χ0n) is 10.6. The molecule has 0 bridgehead atoms. The summed E-state index contributed by atoms with van der Waals surface area (Å²) in [5, 5.41) is 20.6. The van der Waals surface area contributed by atoms with Crippen LogP contribution in [-0.2, 0) is 11.3 Å². The van der Waals surface area contributed by atoms with Crippen LogP contribution >= 0.6 is 0 Å². The third-order valence-corrected chi connectivity index (χ3v) is 3.81. The van der Waals surface area contributed by atoms with Crippen molar-refractivity contribution in [1.29, 1.82) is 0 Å². The average molecular weight is 275 g/mol. The van der Waals surface area contributed by atoms with Crippen LogP contribution in [0.2, 0.25) is 0 Å². The van der Waals surface area contributed by atoms with Gasteiger partial charge in [0.15, 0.2) is 11.3 Å². The Labute approximate surface area is 113 Å². The van der Waals surface area contributed by atoms with Crippen LogP contribution in [0.3, 0.4) is 0 Å². The first-order valence-electron chi connectivity index (χ1n) is 6.29. The molecule has 0 radical (unpaired) electrons. The standard InChI is InChI=1S/C12H13N5O3/c18-9-2-5-13-6-8(9)10-14-15-16-17(10)7-12(11(19)20)3-1-4-12/h2,5-6H,1,3-4,7H2,(H,13,18)(H,19,20). The third-order valence-electron chi connectivity index (χ3n) is 3.81. The van der Waals surface area contributed by atoms with Gasteiger partial charge < -0.3 is 10.1 Å².